The van der Waals surface area contributed by atoms with Crippen LogP contribution in [0.4, 0.5) is 0 Å². The lowest BCUT2D eigenvalue weighted by Gasteiger charge is -2.02. The quantitative estimate of drug-likeness (QED) is 0.705. The second kappa shape index (κ2) is 4.39. The van der Waals surface area contributed by atoms with Crippen LogP contribution in [0.25, 0.3) is 0 Å². The Labute approximate surface area is 92.7 Å². The van der Waals surface area contributed by atoms with Crippen LogP contribution in [0.5, 0.6) is 0 Å². The smallest absolute Gasteiger partial charge is 0.277 e. The molecule has 0 saturated heterocycles. The van der Waals surface area contributed by atoms with Gasteiger partial charge < -0.3 is 0 Å². The van der Waals surface area contributed by atoms with Crippen molar-refractivity contribution < 1.29 is 4.57 Å². The van der Waals surface area contributed by atoms with E-state index in [0.29, 0.717) is 0 Å². The molecule has 0 amide bonds. The van der Waals surface area contributed by atoms with E-state index in [4.69, 9.17) is 22.5 Å². The van der Waals surface area contributed by atoms with Crippen molar-refractivity contribution in [3.05, 3.63) is 28.7 Å². The van der Waals surface area contributed by atoms with Crippen molar-refractivity contribution in [2.75, 3.05) is 0 Å². The van der Waals surface area contributed by atoms with Crippen molar-refractivity contribution in [2.24, 2.45) is 0 Å². The summed E-state index contributed by atoms with van der Waals surface area (Å²) in [6, 6.07) is 7.33. The molecule has 0 aliphatic heterocycles. The molecule has 0 unspecified atom stereocenters. The minimum atomic E-state index is -3.08. The zero-order valence-electron chi connectivity index (χ0n) is 5.71. The zero-order chi connectivity index (χ0) is 9.19. The van der Waals surface area contributed by atoms with Gasteiger partial charge in [0.2, 0.25) is 0 Å². The highest BCUT2D eigenvalue weighted by Gasteiger charge is 2.16. The van der Waals surface area contributed by atoms with Crippen LogP contribution in [0.1, 0.15) is 0 Å². The molecule has 0 aromatic heterocycles. The Morgan fingerprint density at radius 3 is 2.42 bits per heavy atom. The van der Waals surface area contributed by atoms with E-state index in [0.717, 1.165) is 20.7 Å². The van der Waals surface area contributed by atoms with Crippen molar-refractivity contribution >= 4 is 54.8 Å². The lowest BCUT2D eigenvalue weighted by Crippen LogP contribution is -1.69. The molecule has 0 aliphatic carbocycles. The van der Waals surface area contributed by atoms with Gasteiger partial charge in [0.25, 0.3) is 0 Å². The summed E-state index contributed by atoms with van der Waals surface area (Å²) in [4.78, 5) is 0.783. The third-order valence-corrected chi connectivity index (χ3v) is 5.23. The Morgan fingerprint density at radius 2 is 1.92 bits per heavy atom. The molecule has 1 rings (SSSR count). The molecule has 6 heteroatoms. The first kappa shape index (κ1) is 10.9. The van der Waals surface area contributed by atoms with Gasteiger partial charge in [0.1, 0.15) is 0 Å². The van der Waals surface area contributed by atoms with E-state index in [1.165, 1.54) is 0 Å². The van der Waals surface area contributed by atoms with Crippen LogP contribution >= 0.6 is 54.8 Å². The summed E-state index contributed by atoms with van der Waals surface area (Å²) in [7, 11) is 0. The largest absolute Gasteiger partial charge is 0.311 e. The van der Waals surface area contributed by atoms with E-state index < -0.39 is 5.05 Å². The topological polar surface area (TPSA) is 17.1 Å². The molecule has 1 aromatic carbocycles. The van der Waals surface area contributed by atoms with E-state index in [1.54, 1.807) is 6.07 Å². The van der Waals surface area contributed by atoms with Gasteiger partial charge in [-0.3, -0.25) is 4.57 Å². The number of hydrogen-bond donors (Lipinski definition) is 0. The lowest BCUT2D eigenvalue weighted by atomic mass is 10.4. The van der Waals surface area contributed by atoms with E-state index in [2.05, 4.69) is 15.9 Å². The highest BCUT2D eigenvalue weighted by atomic mass is 79.9. The highest BCUT2D eigenvalue weighted by molar-refractivity contribution is 9.10. The van der Waals surface area contributed by atoms with Crippen molar-refractivity contribution in [1.82, 2.24) is 0 Å². The summed E-state index contributed by atoms with van der Waals surface area (Å²) >= 11 is 15.1. The van der Waals surface area contributed by atoms with Gasteiger partial charge in [-0.1, -0.05) is 12.1 Å². The molecule has 0 atom stereocenters. The number of halogens is 3. The Bertz CT molecular complexity index is 327. The van der Waals surface area contributed by atoms with Gasteiger partial charge in [0.05, 0.1) is 0 Å². The predicted molar refractivity (Wildman–Crippen MR) is 59.3 cm³/mol. The molecule has 0 N–H and O–H groups in total. The summed E-state index contributed by atoms with van der Waals surface area (Å²) in [5.74, 6) is 0. The molecule has 0 fully saturated rings. The summed E-state index contributed by atoms with van der Waals surface area (Å²) in [5, 5.41) is -3.08. The lowest BCUT2D eigenvalue weighted by molar-refractivity contribution is 0.600. The molecule has 0 saturated carbocycles. The van der Waals surface area contributed by atoms with Crippen molar-refractivity contribution in [2.45, 2.75) is 4.90 Å². The van der Waals surface area contributed by atoms with E-state index >= 15 is 0 Å². The van der Waals surface area contributed by atoms with Gasteiger partial charge in [0.15, 0.2) is 0 Å². The Hall–Kier alpha value is 0.860. The second-order valence-corrected chi connectivity index (χ2v) is 10.9. The highest BCUT2D eigenvalue weighted by Crippen LogP contribution is 2.70. The number of hydrogen-bond acceptors (Lipinski definition) is 2. The van der Waals surface area contributed by atoms with Crippen molar-refractivity contribution in [1.29, 1.82) is 0 Å². The van der Waals surface area contributed by atoms with Gasteiger partial charge in [-0.15, -0.1) is 0 Å². The van der Waals surface area contributed by atoms with E-state index in [1.807, 2.05) is 18.2 Å². The van der Waals surface area contributed by atoms with Gasteiger partial charge in [-0.05, 0) is 61.9 Å². The number of rotatable bonds is 2. The molecule has 1 aromatic rings. The third-order valence-electron chi connectivity index (χ3n) is 1.04. The molecule has 0 heterocycles. The SMILES string of the molecule is O=P(Cl)(Cl)Sc1ccccc1Br. The van der Waals surface area contributed by atoms with E-state index in [-0.39, 0.29) is 0 Å². The van der Waals surface area contributed by atoms with Crippen LogP contribution in [-0.2, 0) is 4.57 Å². The Kier molecular flexibility index (Phi) is 4.00. The molecular formula is C6H4BrCl2OPS. The van der Waals surface area contributed by atoms with Crippen LogP contribution in [0.15, 0.2) is 33.6 Å². The first-order valence-corrected chi connectivity index (χ1v) is 8.66. The minimum absolute atomic E-state index is 0.783. The maximum Gasteiger partial charge on any atom is 0.311 e. The van der Waals surface area contributed by atoms with Crippen molar-refractivity contribution in [3.8, 4) is 0 Å². The molecule has 12 heavy (non-hydrogen) atoms. The Morgan fingerprint density at radius 1 is 1.33 bits per heavy atom. The molecular weight excluding hydrogens is 302 g/mol. The van der Waals surface area contributed by atoms with Crippen LogP contribution in [0, 0.1) is 0 Å². The second-order valence-electron chi connectivity index (χ2n) is 1.94. The normalized spacial score (nSPS) is 11.6. The molecule has 66 valence electrons. The van der Waals surface area contributed by atoms with Crippen LogP contribution in [-0.4, -0.2) is 0 Å². The summed E-state index contributed by atoms with van der Waals surface area (Å²) in [6.45, 7) is 0. The maximum absolute atomic E-state index is 11.0. The average molecular weight is 306 g/mol. The van der Waals surface area contributed by atoms with Gasteiger partial charge in [-0.25, -0.2) is 0 Å². The molecule has 0 aliphatic rings. The first-order chi connectivity index (χ1) is 5.49. The fourth-order valence-corrected chi connectivity index (χ4v) is 4.56. The first-order valence-electron chi connectivity index (χ1n) is 2.92. The zero-order valence-corrected chi connectivity index (χ0v) is 10.5. The molecule has 0 radical (unpaired) electrons. The van der Waals surface area contributed by atoms with Crippen LogP contribution in [0.2, 0.25) is 0 Å². The fourth-order valence-electron chi connectivity index (χ4n) is 0.633. The molecule has 1 nitrogen and oxygen atoms in total. The monoisotopic (exact) mass is 304 g/mol. The summed E-state index contributed by atoms with van der Waals surface area (Å²) in [6.07, 6.45) is 0. The van der Waals surface area contributed by atoms with Crippen LogP contribution in [0.3, 0.4) is 0 Å². The third kappa shape index (κ3) is 3.71. The van der Waals surface area contributed by atoms with Crippen LogP contribution < -0.4 is 0 Å². The minimum Gasteiger partial charge on any atom is -0.277 e. The van der Waals surface area contributed by atoms with Gasteiger partial charge in [-0.2, -0.15) is 0 Å². The average Bonchev–Trinajstić information content (AvgIpc) is 1.91. The standard InChI is InChI=1S/C6H4BrCl2OPS/c7-5-3-1-2-4-6(5)12-11(8,9)10/h1-4H. The summed E-state index contributed by atoms with van der Waals surface area (Å²) in [5.41, 5.74) is 0. The van der Waals surface area contributed by atoms with Crippen molar-refractivity contribution in [3.63, 3.8) is 0 Å². The fraction of sp³-hybridized carbons (Fsp3) is 0. The van der Waals surface area contributed by atoms with Gasteiger partial charge >= 0.3 is 5.05 Å². The molecule has 0 spiro atoms. The predicted octanol–water partition coefficient (Wildman–Crippen LogP) is 5.13. The Balaban J connectivity index is 2.90. The number of benzene rings is 1. The van der Waals surface area contributed by atoms with Gasteiger partial charge in [0, 0.05) is 9.37 Å². The summed E-state index contributed by atoms with van der Waals surface area (Å²) < 4.78 is 11.9. The molecule has 0 bridgehead atoms. The van der Waals surface area contributed by atoms with E-state index in [9.17, 15) is 4.57 Å². The maximum atomic E-state index is 11.0.